The van der Waals surface area contributed by atoms with Gasteiger partial charge >= 0.3 is 0 Å². The molecule has 0 bridgehead atoms. The number of benzene rings is 1. The first-order valence-corrected chi connectivity index (χ1v) is 9.94. The summed E-state index contributed by atoms with van der Waals surface area (Å²) in [5, 5.41) is 11.0. The highest BCUT2D eigenvalue weighted by atomic mass is 16.5. The molecule has 2 saturated carbocycles. The highest BCUT2D eigenvalue weighted by molar-refractivity contribution is 5.41. The molecule has 1 aromatic carbocycles. The molecule has 0 radical (unpaired) electrons. The van der Waals surface area contributed by atoms with Gasteiger partial charge in [-0.05, 0) is 104 Å². The fourth-order valence-electron chi connectivity index (χ4n) is 6.10. The summed E-state index contributed by atoms with van der Waals surface area (Å²) in [6.45, 7) is 10.9. The van der Waals surface area contributed by atoms with Crippen LogP contribution in [0.15, 0.2) is 30.4 Å². The van der Waals surface area contributed by atoms with E-state index in [9.17, 15) is 5.11 Å². The van der Waals surface area contributed by atoms with Gasteiger partial charge in [-0.1, -0.05) is 19.6 Å². The summed E-state index contributed by atoms with van der Waals surface area (Å²) in [7, 11) is 0. The molecule has 0 spiro atoms. The fourth-order valence-corrected chi connectivity index (χ4v) is 6.10. The average Bonchev–Trinajstić information content (AvgIpc) is 2.82. The van der Waals surface area contributed by atoms with Crippen molar-refractivity contribution in [3.8, 4) is 5.75 Å². The number of hydrogen-bond acceptors (Lipinski definition) is 2. The molecule has 1 aromatic rings. The molecule has 0 aliphatic heterocycles. The number of ether oxygens (including phenoxy) is 1. The van der Waals surface area contributed by atoms with E-state index in [0.717, 1.165) is 36.5 Å². The average molecular weight is 341 g/mol. The Morgan fingerprint density at radius 3 is 2.80 bits per heavy atom. The van der Waals surface area contributed by atoms with Crippen LogP contribution < -0.4 is 4.74 Å². The summed E-state index contributed by atoms with van der Waals surface area (Å²) in [5.41, 5.74) is 3.71. The minimum atomic E-state index is -0.483. The molecule has 0 aromatic heterocycles. The number of rotatable bonds is 3. The Balaban J connectivity index is 1.59. The van der Waals surface area contributed by atoms with Gasteiger partial charge in [-0.2, -0.15) is 0 Å². The van der Waals surface area contributed by atoms with Crippen molar-refractivity contribution in [2.24, 2.45) is 17.3 Å². The summed E-state index contributed by atoms with van der Waals surface area (Å²) in [6, 6.07) is 6.71. The minimum Gasteiger partial charge on any atom is -0.489 e. The van der Waals surface area contributed by atoms with Crippen LogP contribution in [0.1, 0.15) is 69.9 Å². The molecular weight excluding hydrogens is 308 g/mol. The lowest BCUT2D eigenvalue weighted by Crippen LogP contribution is -2.49. The normalized spacial score (nSPS) is 39.3. The van der Waals surface area contributed by atoms with E-state index in [0.29, 0.717) is 18.4 Å². The van der Waals surface area contributed by atoms with E-state index in [1.54, 1.807) is 5.56 Å². The summed E-state index contributed by atoms with van der Waals surface area (Å²) in [5.74, 6) is 3.06. The van der Waals surface area contributed by atoms with Gasteiger partial charge in [-0.15, -0.1) is 0 Å². The van der Waals surface area contributed by atoms with E-state index in [-0.39, 0.29) is 5.41 Å². The van der Waals surface area contributed by atoms with Crippen molar-refractivity contribution in [2.45, 2.75) is 70.8 Å². The van der Waals surface area contributed by atoms with Crippen LogP contribution in [-0.4, -0.2) is 17.3 Å². The first kappa shape index (κ1) is 17.1. The maximum atomic E-state index is 11.0. The minimum absolute atomic E-state index is 0.107. The topological polar surface area (TPSA) is 29.5 Å². The second-order valence-electron chi connectivity index (χ2n) is 9.29. The molecule has 136 valence electrons. The van der Waals surface area contributed by atoms with Gasteiger partial charge in [-0.25, -0.2) is 0 Å². The quantitative estimate of drug-likeness (QED) is 0.762. The van der Waals surface area contributed by atoms with Crippen molar-refractivity contribution in [3.05, 3.63) is 41.5 Å². The highest BCUT2D eigenvalue weighted by Gasteiger charge is 2.59. The lowest BCUT2D eigenvalue weighted by molar-refractivity contribution is -0.0901. The van der Waals surface area contributed by atoms with Crippen LogP contribution in [0.5, 0.6) is 5.75 Å². The number of aliphatic hydroxyl groups is 1. The fraction of sp³-hybridized carbons (Fsp3) is 0.652. The van der Waals surface area contributed by atoms with Crippen LogP contribution in [0.4, 0.5) is 0 Å². The Bertz CT molecular complexity index is 689. The maximum absolute atomic E-state index is 11.0. The largest absolute Gasteiger partial charge is 0.489 e. The summed E-state index contributed by atoms with van der Waals surface area (Å²) in [4.78, 5) is 0. The first-order chi connectivity index (χ1) is 11.8. The van der Waals surface area contributed by atoms with Gasteiger partial charge < -0.3 is 9.84 Å². The molecule has 2 nitrogen and oxygen atoms in total. The Morgan fingerprint density at radius 1 is 1.24 bits per heavy atom. The molecule has 3 aliphatic carbocycles. The molecule has 0 saturated heterocycles. The van der Waals surface area contributed by atoms with Crippen molar-refractivity contribution < 1.29 is 9.84 Å². The summed E-state index contributed by atoms with van der Waals surface area (Å²) in [6.07, 6.45) is 6.94. The third-order valence-electron chi connectivity index (χ3n) is 7.75. The zero-order chi connectivity index (χ0) is 17.8. The molecule has 1 N–H and O–H groups in total. The molecule has 3 aliphatic rings. The van der Waals surface area contributed by atoms with Crippen molar-refractivity contribution in [2.75, 3.05) is 6.61 Å². The Morgan fingerprint density at radius 2 is 2.04 bits per heavy atom. The van der Waals surface area contributed by atoms with Gasteiger partial charge in [0.25, 0.3) is 0 Å². The second-order valence-corrected chi connectivity index (χ2v) is 9.29. The predicted molar refractivity (Wildman–Crippen MR) is 102 cm³/mol. The van der Waals surface area contributed by atoms with Gasteiger partial charge in [0.2, 0.25) is 0 Å². The van der Waals surface area contributed by atoms with Crippen molar-refractivity contribution in [3.63, 3.8) is 0 Å². The van der Waals surface area contributed by atoms with Crippen molar-refractivity contribution >= 4 is 0 Å². The number of aryl methyl sites for hydroxylation is 1. The summed E-state index contributed by atoms with van der Waals surface area (Å²) >= 11 is 0. The number of fused-ring (bicyclic) bond motifs is 5. The molecule has 2 heteroatoms. The summed E-state index contributed by atoms with van der Waals surface area (Å²) < 4.78 is 5.85. The van der Waals surface area contributed by atoms with E-state index < -0.39 is 5.60 Å². The molecule has 0 amide bonds. The van der Waals surface area contributed by atoms with Crippen LogP contribution in [0.2, 0.25) is 0 Å². The molecule has 25 heavy (non-hydrogen) atoms. The lowest BCUT2D eigenvalue weighted by atomic mass is 9.53. The van der Waals surface area contributed by atoms with Crippen molar-refractivity contribution in [1.82, 2.24) is 0 Å². The zero-order valence-electron chi connectivity index (χ0n) is 16.0. The van der Waals surface area contributed by atoms with E-state index in [1.165, 1.54) is 24.8 Å². The predicted octanol–water partition coefficient (Wildman–Crippen LogP) is 5.25. The van der Waals surface area contributed by atoms with Gasteiger partial charge in [-0.3, -0.25) is 0 Å². The highest BCUT2D eigenvalue weighted by Crippen LogP contribution is 2.64. The molecule has 0 unspecified atom stereocenters. The molecule has 2 fully saturated rings. The third kappa shape index (κ3) is 2.65. The molecule has 5 atom stereocenters. The van der Waals surface area contributed by atoms with E-state index in [1.807, 2.05) is 6.92 Å². The van der Waals surface area contributed by atoms with E-state index in [4.69, 9.17) is 4.74 Å². The lowest BCUT2D eigenvalue weighted by Gasteiger charge is -2.52. The van der Waals surface area contributed by atoms with Crippen molar-refractivity contribution in [1.29, 1.82) is 0 Å². The Labute approximate surface area is 152 Å². The van der Waals surface area contributed by atoms with Crippen LogP contribution in [0.3, 0.4) is 0 Å². The third-order valence-corrected chi connectivity index (χ3v) is 7.75. The smallest absolute Gasteiger partial charge is 0.120 e. The van der Waals surface area contributed by atoms with Gasteiger partial charge in [0.15, 0.2) is 0 Å². The van der Waals surface area contributed by atoms with E-state index in [2.05, 4.69) is 38.6 Å². The van der Waals surface area contributed by atoms with Crippen LogP contribution in [0.25, 0.3) is 0 Å². The van der Waals surface area contributed by atoms with Gasteiger partial charge in [0, 0.05) is 0 Å². The van der Waals surface area contributed by atoms with Crippen LogP contribution in [0, 0.1) is 17.3 Å². The van der Waals surface area contributed by atoms with Gasteiger partial charge in [0.05, 0.1) is 5.60 Å². The monoisotopic (exact) mass is 340 g/mol. The van der Waals surface area contributed by atoms with Gasteiger partial charge in [0.1, 0.15) is 12.4 Å². The molecule has 4 rings (SSSR count). The number of hydrogen-bond donors (Lipinski definition) is 1. The second kappa shape index (κ2) is 5.87. The first-order valence-electron chi connectivity index (χ1n) is 9.94. The Kier molecular flexibility index (Phi) is 4.03. The zero-order valence-corrected chi connectivity index (χ0v) is 16.0. The standard InChI is InChI=1S/C23H32O2/c1-15(2)14-25-17-6-8-18-16(13-17)5-7-20-19(18)9-11-22(3)21(20)10-12-23(22,4)24/h6,8,13,19-21,24H,1,5,7,9-12,14H2,2-4H3/t19-,20-,21+,22+,23+/m0/s1. The SMILES string of the molecule is C=C(C)COc1ccc2c(c1)CC[C@@H]1[C@H]3CC[C@@](C)(O)[C@]3(C)CC[C@@H]21. The van der Waals surface area contributed by atoms with E-state index >= 15 is 0 Å². The maximum Gasteiger partial charge on any atom is 0.120 e. The molecule has 0 heterocycles. The van der Waals surface area contributed by atoms with Crippen LogP contribution in [-0.2, 0) is 6.42 Å². The molecular formula is C23H32O2. The Hall–Kier alpha value is -1.28. The van der Waals surface area contributed by atoms with Crippen LogP contribution >= 0.6 is 0 Å².